The summed E-state index contributed by atoms with van der Waals surface area (Å²) in [5, 5.41) is 0.375. The normalized spacial score (nSPS) is 19.3. The molecule has 0 atom stereocenters. The van der Waals surface area contributed by atoms with Crippen molar-refractivity contribution in [3.05, 3.63) is 23.0 Å². The first kappa shape index (κ1) is 17.3. The van der Waals surface area contributed by atoms with Gasteiger partial charge in [0, 0.05) is 18.1 Å². The summed E-state index contributed by atoms with van der Waals surface area (Å²) in [4.78, 5) is 15.5. The van der Waals surface area contributed by atoms with Gasteiger partial charge in [-0.05, 0) is 45.7 Å². The highest BCUT2D eigenvalue weighted by molar-refractivity contribution is 6.62. The molecule has 1 aromatic rings. The molecule has 0 N–H and O–H groups in total. The Hall–Kier alpha value is -1.11. The van der Waals surface area contributed by atoms with Crippen molar-refractivity contribution in [2.75, 3.05) is 7.11 Å². The molecule has 1 aliphatic heterocycles. The second kappa shape index (κ2) is 6.18. The lowest BCUT2D eigenvalue weighted by molar-refractivity contribution is -0.140. The highest BCUT2D eigenvalue weighted by atomic mass is 35.5. The molecule has 2 heterocycles. The predicted octanol–water partition coefficient (Wildman–Crippen LogP) is 2.14. The number of nitrogens with zero attached hydrogens (tertiary/aromatic N) is 1. The first-order valence-electron chi connectivity index (χ1n) is 7.23. The monoisotopic (exact) mass is 325 g/mol. The molecule has 120 valence electrons. The fourth-order valence-corrected chi connectivity index (χ4v) is 2.40. The molecule has 0 saturated carbocycles. The van der Waals surface area contributed by atoms with E-state index in [1.165, 1.54) is 7.11 Å². The van der Waals surface area contributed by atoms with E-state index in [0.29, 0.717) is 11.6 Å². The molecule has 1 fully saturated rings. The van der Waals surface area contributed by atoms with Crippen molar-refractivity contribution in [2.24, 2.45) is 0 Å². The minimum atomic E-state index is -0.526. The molecule has 2 rings (SSSR count). The Balaban J connectivity index is 2.26. The minimum absolute atomic E-state index is 0.267. The summed E-state index contributed by atoms with van der Waals surface area (Å²) in [6.45, 7) is 7.96. The largest absolute Gasteiger partial charge is 0.496 e. The summed E-state index contributed by atoms with van der Waals surface area (Å²) in [5.74, 6) is -0.271. The van der Waals surface area contributed by atoms with Crippen molar-refractivity contribution < 1.29 is 18.8 Å². The summed E-state index contributed by atoms with van der Waals surface area (Å²) in [6, 6.07) is 1.74. The van der Waals surface area contributed by atoms with Gasteiger partial charge < -0.3 is 14.0 Å². The molecule has 0 aliphatic carbocycles. The Morgan fingerprint density at radius 2 is 1.91 bits per heavy atom. The van der Waals surface area contributed by atoms with Gasteiger partial charge in [-0.25, -0.2) is 4.98 Å². The number of carbonyl (C=O) groups excluding carboxylic acids is 1. The van der Waals surface area contributed by atoms with Crippen LogP contribution in [0.3, 0.4) is 0 Å². The van der Waals surface area contributed by atoms with Crippen LogP contribution < -0.4 is 5.46 Å². The number of aryl methyl sites for hydroxylation is 1. The van der Waals surface area contributed by atoms with Gasteiger partial charge in [-0.2, -0.15) is 0 Å². The standard InChI is InChI=1S/C15H21BClNO4/c1-14(2)15(3,4)22-16(21-14)11-9-18-12(17)8-10(11)6-7-13(19)20-5/h8-9H,6-7H2,1-5H3. The second-order valence-corrected chi connectivity index (χ2v) is 6.76. The summed E-state index contributed by atoms with van der Waals surface area (Å²) >= 11 is 5.98. The molecule has 0 amide bonds. The predicted molar refractivity (Wildman–Crippen MR) is 85.3 cm³/mol. The number of aromatic nitrogens is 1. The zero-order chi connectivity index (χ0) is 16.5. The number of esters is 1. The van der Waals surface area contributed by atoms with Gasteiger partial charge in [-0.15, -0.1) is 0 Å². The third kappa shape index (κ3) is 3.45. The fraction of sp³-hybridized carbons (Fsp3) is 0.600. The molecule has 1 saturated heterocycles. The van der Waals surface area contributed by atoms with Crippen LogP contribution in [0.5, 0.6) is 0 Å². The number of ether oxygens (including phenoxy) is 1. The molecule has 7 heteroatoms. The van der Waals surface area contributed by atoms with Crippen LogP contribution in [0, 0.1) is 0 Å². The van der Waals surface area contributed by atoms with Crippen molar-refractivity contribution in [2.45, 2.75) is 51.7 Å². The lowest BCUT2D eigenvalue weighted by Crippen LogP contribution is -2.41. The van der Waals surface area contributed by atoms with Crippen LogP contribution in [-0.2, 0) is 25.3 Å². The first-order valence-corrected chi connectivity index (χ1v) is 7.61. The van der Waals surface area contributed by atoms with E-state index in [0.717, 1.165) is 11.0 Å². The molecule has 22 heavy (non-hydrogen) atoms. The van der Waals surface area contributed by atoms with Crippen LogP contribution in [0.1, 0.15) is 39.7 Å². The highest BCUT2D eigenvalue weighted by Gasteiger charge is 2.52. The molecular formula is C15H21BClNO4. The minimum Gasteiger partial charge on any atom is -0.469 e. The highest BCUT2D eigenvalue weighted by Crippen LogP contribution is 2.36. The summed E-state index contributed by atoms with van der Waals surface area (Å²) in [7, 11) is 0.846. The molecular weight excluding hydrogens is 304 g/mol. The van der Waals surface area contributed by atoms with Gasteiger partial charge in [0.05, 0.1) is 18.3 Å². The maximum absolute atomic E-state index is 11.4. The number of rotatable bonds is 4. The van der Waals surface area contributed by atoms with Gasteiger partial charge in [0.15, 0.2) is 0 Å². The fourth-order valence-electron chi connectivity index (χ4n) is 2.22. The Kier molecular flexibility index (Phi) is 4.85. The van der Waals surface area contributed by atoms with Crippen molar-refractivity contribution in [1.82, 2.24) is 4.98 Å². The zero-order valence-corrected chi connectivity index (χ0v) is 14.4. The quantitative estimate of drug-likeness (QED) is 0.482. The Labute approximate surface area is 136 Å². The molecule has 1 aromatic heterocycles. The maximum atomic E-state index is 11.4. The van der Waals surface area contributed by atoms with Crippen molar-refractivity contribution in [3.8, 4) is 0 Å². The molecule has 0 spiro atoms. The van der Waals surface area contributed by atoms with E-state index < -0.39 is 18.3 Å². The van der Waals surface area contributed by atoms with Crippen LogP contribution >= 0.6 is 11.6 Å². The molecule has 0 unspecified atom stereocenters. The van der Waals surface area contributed by atoms with Gasteiger partial charge in [-0.3, -0.25) is 4.79 Å². The number of methoxy groups -OCH3 is 1. The van der Waals surface area contributed by atoms with Crippen LogP contribution in [0.25, 0.3) is 0 Å². The number of pyridine rings is 1. The number of carbonyl (C=O) groups is 1. The third-order valence-electron chi connectivity index (χ3n) is 4.32. The topological polar surface area (TPSA) is 57.7 Å². The average molecular weight is 326 g/mol. The van der Waals surface area contributed by atoms with Crippen LogP contribution in [0.2, 0.25) is 5.15 Å². The van der Waals surface area contributed by atoms with Crippen molar-refractivity contribution in [1.29, 1.82) is 0 Å². The molecule has 0 radical (unpaired) electrons. The van der Waals surface area contributed by atoms with Gasteiger partial charge in [0.25, 0.3) is 0 Å². The van der Waals surface area contributed by atoms with E-state index in [9.17, 15) is 4.79 Å². The molecule has 1 aliphatic rings. The van der Waals surface area contributed by atoms with Gasteiger partial charge in [0.1, 0.15) is 5.15 Å². The van der Waals surface area contributed by atoms with E-state index in [2.05, 4.69) is 9.72 Å². The zero-order valence-electron chi connectivity index (χ0n) is 13.6. The average Bonchev–Trinajstić information content (AvgIpc) is 2.64. The Bertz CT molecular complexity index is 561. The SMILES string of the molecule is COC(=O)CCc1cc(Cl)ncc1B1OC(C)(C)C(C)(C)O1. The van der Waals surface area contributed by atoms with Gasteiger partial charge in [0.2, 0.25) is 0 Å². The summed E-state index contributed by atoms with van der Waals surface area (Å²) in [5.41, 5.74) is 0.809. The van der Waals surface area contributed by atoms with Gasteiger partial charge >= 0.3 is 13.1 Å². The van der Waals surface area contributed by atoms with Crippen LogP contribution in [0.4, 0.5) is 0 Å². The molecule has 5 nitrogen and oxygen atoms in total. The smallest absolute Gasteiger partial charge is 0.469 e. The lowest BCUT2D eigenvalue weighted by Gasteiger charge is -2.32. The van der Waals surface area contributed by atoms with E-state index in [1.54, 1.807) is 12.3 Å². The molecule has 0 aromatic carbocycles. The second-order valence-electron chi connectivity index (χ2n) is 6.37. The summed E-state index contributed by atoms with van der Waals surface area (Å²) < 4.78 is 16.8. The first-order chi connectivity index (χ1) is 10.2. The van der Waals surface area contributed by atoms with Crippen LogP contribution in [0.15, 0.2) is 12.3 Å². The number of hydrogen-bond acceptors (Lipinski definition) is 5. The number of hydrogen-bond donors (Lipinski definition) is 0. The molecule has 0 bridgehead atoms. The third-order valence-corrected chi connectivity index (χ3v) is 4.53. The van der Waals surface area contributed by atoms with Crippen LogP contribution in [-0.4, -0.2) is 36.4 Å². The summed E-state index contributed by atoms with van der Waals surface area (Å²) in [6.07, 6.45) is 2.41. The van der Waals surface area contributed by atoms with Crippen molar-refractivity contribution >= 4 is 30.2 Å². The van der Waals surface area contributed by atoms with Gasteiger partial charge in [-0.1, -0.05) is 11.6 Å². The van der Waals surface area contributed by atoms with E-state index in [-0.39, 0.29) is 12.4 Å². The Morgan fingerprint density at radius 1 is 1.32 bits per heavy atom. The Morgan fingerprint density at radius 3 is 2.45 bits per heavy atom. The maximum Gasteiger partial charge on any atom is 0.496 e. The number of halogens is 1. The van der Waals surface area contributed by atoms with Crippen molar-refractivity contribution in [3.63, 3.8) is 0 Å². The van der Waals surface area contributed by atoms with E-state index >= 15 is 0 Å². The lowest BCUT2D eigenvalue weighted by atomic mass is 9.76. The van der Waals surface area contributed by atoms with E-state index in [4.69, 9.17) is 20.9 Å². The van der Waals surface area contributed by atoms with E-state index in [1.807, 2.05) is 27.7 Å².